The molecule has 1 aliphatic heterocycles. The number of carbonyl (C=O) groups is 2. The van der Waals surface area contributed by atoms with Crippen LogP contribution in [0.3, 0.4) is 0 Å². The minimum absolute atomic E-state index is 0.127. The van der Waals surface area contributed by atoms with Crippen molar-refractivity contribution < 1.29 is 19.1 Å². The van der Waals surface area contributed by atoms with E-state index < -0.39 is 5.97 Å². The molecule has 0 saturated carbocycles. The molecule has 210 valence electrons. The van der Waals surface area contributed by atoms with Crippen LogP contribution < -0.4 is 0 Å². The van der Waals surface area contributed by atoms with Gasteiger partial charge >= 0.3 is 12.0 Å². The lowest BCUT2D eigenvalue weighted by Crippen LogP contribution is -2.32. The van der Waals surface area contributed by atoms with Gasteiger partial charge in [0.05, 0.1) is 17.9 Å². The Balaban J connectivity index is 1.39. The second kappa shape index (κ2) is 11.7. The number of nitrogens with zero attached hydrogens (tertiary/aromatic N) is 3. The summed E-state index contributed by atoms with van der Waals surface area (Å²) in [6.07, 6.45) is 2.37. The van der Waals surface area contributed by atoms with Gasteiger partial charge in [0.25, 0.3) is 5.91 Å². The summed E-state index contributed by atoms with van der Waals surface area (Å²) >= 11 is 0. The Morgan fingerprint density at radius 1 is 0.881 bits per heavy atom. The van der Waals surface area contributed by atoms with Gasteiger partial charge in [0, 0.05) is 34.9 Å². The Morgan fingerprint density at radius 2 is 1.62 bits per heavy atom. The zero-order chi connectivity index (χ0) is 29.1. The molecule has 0 N–H and O–H groups in total. The molecule has 0 aliphatic carbocycles. The molecule has 5 aromatic rings. The molecule has 0 spiro atoms. The summed E-state index contributed by atoms with van der Waals surface area (Å²) in [4.78, 5) is 32.5. The van der Waals surface area contributed by atoms with Crippen LogP contribution in [0, 0.1) is 0 Å². The molecule has 7 nitrogen and oxygen atoms in total. The standard InChI is InChI=1S/C35H31N3O4/c1-3-37-30-17-11-9-14-26(30)28-22-25(18-19-31(28)37)23-32-33(39)38(21-20-24-12-6-5-7-13-24)35(42-32)36-29-16-10-8-15-27(29)34(40)41-4-2/h5-19,22-23H,3-4,20-21H2,1-2H3/b32-23+,36-35-. The molecule has 6 rings (SSSR count). The number of amides is 1. The summed E-state index contributed by atoms with van der Waals surface area (Å²) < 4.78 is 13.6. The molecule has 1 saturated heterocycles. The first-order chi connectivity index (χ1) is 20.6. The van der Waals surface area contributed by atoms with Crippen LogP contribution in [0.2, 0.25) is 0 Å². The number of rotatable bonds is 8. The van der Waals surface area contributed by atoms with Crippen LogP contribution in [0.4, 0.5) is 5.69 Å². The Kier molecular flexibility index (Phi) is 7.56. The Hall–Kier alpha value is -5.17. The van der Waals surface area contributed by atoms with Gasteiger partial charge in [-0.25, -0.2) is 4.79 Å². The number of benzene rings is 4. The van der Waals surface area contributed by atoms with Crippen molar-refractivity contribution in [3.63, 3.8) is 0 Å². The van der Waals surface area contributed by atoms with Crippen molar-refractivity contribution >= 4 is 51.5 Å². The number of hydrogen-bond acceptors (Lipinski definition) is 5. The van der Waals surface area contributed by atoms with Crippen LogP contribution in [-0.2, 0) is 27.2 Å². The van der Waals surface area contributed by atoms with Gasteiger partial charge in [0.15, 0.2) is 5.76 Å². The lowest BCUT2D eigenvalue weighted by Gasteiger charge is -2.14. The van der Waals surface area contributed by atoms with Gasteiger partial charge in [-0.05, 0) is 67.8 Å². The predicted molar refractivity (Wildman–Crippen MR) is 166 cm³/mol. The molecule has 0 radical (unpaired) electrons. The van der Waals surface area contributed by atoms with E-state index in [1.165, 1.54) is 10.4 Å². The summed E-state index contributed by atoms with van der Waals surface area (Å²) in [6, 6.07) is 31.5. The Bertz CT molecular complexity index is 1850. The molecular formula is C35H31N3O4. The second-order valence-corrected chi connectivity index (χ2v) is 9.97. The average Bonchev–Trinajstić information content (AvgIpc) is 3.49. The number of para-hydroxylation sites is 2. The van der Waals surface area contributed by atoms with E-state index in [-0.39, 0.29) is 24.3 Å². The van der Waals surface area contributed by atoms with Crippen molar-refractivity contribution in [1.82, 2.24) is 9.47 Å². The van der Waals surface area contributed by atoms with E-state index in [4.69, 9.17) is 9.47 Å². The molecule has 7 heteroatoms. The minimum Gasteiger partial charge on any atom is -0.462 e. The van der Waals surface area contributed by atoms with Gasteiger partial charge in [0.1, 0.15) is 0 Å². The van der Waals surface area contributed by atoms with E-state index in [0.717, 1.165) is 34.0 Å². The monoisotopic (exact) mass is 557 g/mol. The lowest BCUT2D eigenvalue weighted by atomic mass is 10.1. The molecule has 42 heavy (non-hydrogen) atoms. The maximum absolute atomic E-state index is 13.7. The highest BCUT2D eigenvalue weighted by Crippen LogP contribution is 2.31. The molecule has 1 aliphatic rings. The smallest absolute Gasteiger partial charge is 0.340 e. The van der Waals surface area contributed by atoms with Crippen molar-refractivity contribution in [3.8, 4) is 0 Å². The second-order valence-electron chi connectivity index (χ2n) is 9.97. The van der Waals surface area contributed by atoms with Crippen molar-refractivity contribution in [2.45, 2.75) is 26.8 Å². The molecule has 1 amide bonds. The summed E-state index contributed by atoms with van der Waals surface area (Å²) in [5, 5.41) is 2.28. The molecular weight excluding hydrogens is 526 g/mol. The van der Waals surface area contributed by atoms with Crippen molar-refractivity contribution in [1.29, 1.82) is 0 Å². The fourth-order valence-electron chi connectivity index (χ4n) is 5.38. The third-order valence-corrected chi connectivity index (χ3v) is 7.38. The largest absolute Gasteiger partial charge is 0.462 e. The number of aliphatic imine (C=N–C) groups is 1. The third kappa shape index (κ3) is 5.17. The predicted octanol–water partition coefficient (Wildman–Crippen LogP) is 7.12. The van der Waals surface area contributed by atoms with Crippen molar-refractivity contribution in [2.24, 2.45) is 4.99 Å². The number of carbonyl (C=O) groups excluding carboxylic acids is 2. The number of ether oxygens (including phenoxy) is 2. The summed E-state index contributed by atoms with van der Waals surface area (Å²) in [5.74, 6) is -0.587. The van der Waals surface area contributed by atoms with E-state index in [2.05, 4.69) is 40.7 Å². The zero-order valence-electron chi connectivity index (χ0n) is 23.6. The van der Waals surface area contributed by atoms with Gasteiger partial charge in [-0.15, -0.1) is 0 Å². The minimum atomic E-state index is -0.479. The lowest BCUT2D eigenvalue weighted by molar-refractivity contribution is -0.122. The quantitative estimate of drug-likeness (QED) is 0.150. The van der Waals surface area contributed by atoms with Crippen LogP contribution in [-0.4, -0.2) is 40.5 Å². The number of fused-ring (bicyclic) bond motifs is 3. The van der Waals surface area contributed by atoms with Crippen LogP contribution in [0.25, 0.3) is 27.9 Å². The van der Waals surface area contributed by atoms with E-state index >= 15 is 0 Å². The van der Waals surface area contributed by atoms with Crippen LogP contribution in [0.15, 0.2) is 108 Å². The SMILES string of the molecule is CCOC(=O)c1ccccc1/N=C1\O/C(=C/c2ccc3c(c2)c2ccccc2n3CC)C(=O)N1CCc1ccccc1. The zero-order valence-corrected chi connectivity index (χ0v) is 23.6. The molecule has 2 heterocycles. The first kappa shape index (κ1) is 27.0. The maximum Gasteiger partial charge on any atom is 0.340 e. The van der Waals surface area contributed by atoms with Crippen molar-refractivity contribution in [2.75, 3.05) is 13.2 Å². The van der Waals surface area contributed by atoms with Crippen LogP contribution in [0.1, 0.15) is 35.3 Å². The molecule has 0 atom stereocenters. The summed E-state index contributed by atoms with van der Waals surface area (Å²) in [7, 11) is 0. The highest BCUT2D eigenvalue weighted by molar-refractivity contribution is 6.13. The third-order valence-electron chi connectivity index (χ3n) is 7.38. The fourth-order valence-corrected chi connectivity index (χ4v) is 5.38. The summed E-state index contributed by atoms with van der Waals surface area (Å²) in [6.45, 7) is 5.36. The first-order valence-electron chi connectivity index (χ1n) is 14.2. The van der Waals surface area contributed by atoms with Gasteiger partial charge < -0.3 is 14.0 Å². The number of aryl methyl sites for hydroxylation is 1. The fraction of sp³-hybridized carbons (Fsp3) is 0.171. The van der Waals surface area contributed by atoms with Gasteiger partial charge in [0.2, 0.25) is 0 Å². The highest BCUT2D eigenvalue weighted by Gasteiger charge is 2.35. The van der Waals surface area contributed by atoms with Crippen LogP contribution in [0.5, 0.6) is 0 Å². The molecule has 1 fully saturated rings. The molecule has 0 bridgehead atoms. The normalized spacial score (nSPS) is 15.2. The first-order valence-corrected chi connectivity index (χ1v) is 14.2. The van der Waals surface area contributed by atoms with E-state index in [9.17, 15) is 9.59 Å². The Labute approximate surface area is 244 Å². The highest BCUT2D eigenvalue weighted by atomic mass is 16.5. The van der Waals surface area contributed by atoms with Crippen LogP contribution >= 0.6 is 0 Å². The van der Waals surface area contributed by atoms with E-state index in [1.54, 1.807) is 37.3 Å². The molecule has 0 unspecified atom stereocenters. The maximum atomic E-state index is 13.7. The topological polar surface area (TPSA) is 73.1 Å². The average molecular weight is 558 g/mol. The number of amidine groups is 1. The van der Waals surface area contributed by atoms with Gasteiger partial charge in [-0.3, -0.25) is 9.69 Å². The molecule has 4 aromatic carbocycles. The van der Waals surface area contributed by atoms with E-state index in [0.29, 0.717) is 24.2 Å². The Morgan fingerprint density at radius 3 is 2.43 bits per heavy atom. The van der Waals surface area contributed by atoms with Crippen molar-refractivity contribution in [3.05, 3.63) is 120 Å². The molecule has 1 aromatic heterocycles. The summed E-state index contributed by atoms with van der Waals surface area (Å²) in [5.41, 5.74) is 4.93. The number of esters is 1. The van der Waals surface area contributed by atoms with Gasteiger partial charge in [-0.1, -0.05) is 66.7 Å². The number of aromatic nitrogens is 1. The number of hydrogen-bond donors (Lipinski definition) is 0. The van der Waals surface area contributed by atoms with E-state index in [1.807, 2.05) is 48.5 Å². The van der Waals surface area contributed by atoms with Gasteiger partial charge in [-0.2, -0.15) is 4.99 Å².